The normalized spacial score (nSPS) is 18.8. The van der Waals surface area contributed by atoms with Crippen molar-refractivity contribution in [2.45, 2.75) is 36.9 Å². The third-order valence-electron chi connectivity index (χ3n) is 2.52. The molecule has 0 N–H and O–H groups in total. The summed E-state index contributed by atoms with van der Waals surface area (Å²) in [5.74, 6) is 0.987. The van der Waals surface area contributed by atoms with Crippen LogP contribution in [0.5, 0.6) is 0 Å². The molecule has 0 radical (unpaired) electrons. The lowest BCUT2D eigenvalue weighted by Crippen LogP contribution is -2.00. The first-order valence-electron chi connectivity index (χ1n) is 4.87. The fourth-order valence-corrected chi connectivity index (χ4v) is 3.02. The van der Waals surface area contributed by atoms with Crippen molar-refractivity contribution in [3.05, 3.63) is 16.6 Å². The molecule has 0 aliphatic heterocycles. The number of hydrogen-bond acceptors (Lipinski definition) is 2. The van der Waals surface area contributed by atoms with Gasteiger partial charge in [-0.15, -0.1) is 11.3 Å². The van der Waals surface area contributed by atoms with Crippen LogP contribution in [-0.4, -0.2) is 9.81 Å². The topological polar surface area (TPSA) is 12.9 Å². The predicted molar refractivity (Wildman–Crippen MR) is 60.5 cm³/mol. The molecule has 1 nitrogen and oxygen atoms in total. The fourth-order valence-electron chi connectivity index (χ4n) is 1.53. The first kappa shape index (κ1) is 9.66. The largest absolute Gasteiger partial charge is 0.253 e. The van der Waals surface area contributed by atoms with Crippen LogP contribution in [0.15, 0.2) is 11.7 Å². The lowest BCUT2D eigenvalue weighted by molar-refractivity contribution is 0.656. The van der Waals surface area contributed by atoms with Crippen molar-refractivity contribution in [2.75, 3.05) is 0 Å². The van der Waals surface area contributed by atoms with Gasteiger partial charge in [0.25, 0.3) is 0 Å². The average Bonchev–Trinajstić information content (AvgIpc) is 2.86. The van der Waals surface area contributed by atoms with Crippen LogP contribution in [0.2, 0.25) is 0 Å². The van der Waals surface area contributed by atoms with E-state index in [1.165, 1.54) is 37.0 Å². The molecule has 1 saturated carbocycles. The Morgan fingerprint density at radius 3 is 3.08 bits per heavy atom. The smallest absolute Gasteiger partial charge is 0.0794 e. The molecule has 1 aromatic rings. The number of nitrogens with zero attached hydrogens (tertiary/aromatic N) is 1. The maximum atomic E-state index is 4.07. The van der Waals surface area contributed by atoms with E-state index in [2.05, 4.69) is 20.9 Å². The number of alkyl halides is 1. The molecule has 2 rings (SSSR count). The first-order valence-corrected chi connectivity index (χ1v) is 6.67. The summed E-state index contributed by atoms with van der Waals surface area (Å²) in [4.78, 5) is 6.28. The second-order valence-corrected chi connectivity index (χ2v) is 5.86. The molecule has 3 heteroatoms. The molecule has 72 valence electrons. The number of aryl methyl sites for hydroxylation is 1. The lowest BCUT2D eigenvalue weighted by atomic mass is 10.1. The quantitative estimate of drug-likeness (QED) is 0.736. The standard InChI is InChI=1S/C10H14BrNS/c11-10(8-4-5-8)3-1-2-9-6-12-7-13-9/h6-8,10H,1-5H2. The van der Waals surface area contributed by atoms with Crippen molar-refractivity contribution < 1.29 is 0 Å². The van der Waals surface area contributed by atoms with Crippen LogP contribution in [0.3, 0.4) is 0 Å². The van der Waals surface area contributed by atoms with E-state index in [1.807, 2.05) is 11.7 Å². The van der Waals surface area contributed by atoms with Crippen LogP contribution in [0, 0.1) is 5.92 Å². The molecule has 0 saturated heterocycles. The molecule has 13 heavy (non-hydrogen) atoms. The monoisotopic (exact) mass is 259 g/mol. The molecular weight excluding hydrogens is 246 g/mol. The molecule has 0 bridgehead atoms. The highest BCUT2D eigenvalue weighted by atomic mass is 79.9. The van der Waals surface area contributed by atoms with Gasteiger partial charge in [-0.2, -0.15) is 0 Å². The minimum absolute atomic E-state index is 0.778. The maximum Gasteiger partial charge on any atom is 0.0794 e. The highest BCUT2D eigenvalue weighted by molar-refractivity contribution is 9.09. The molecule has 1 atom stereocenters. The molecular formula is C10H14BrNS. The summed E-state index contributed by atoms with van der Waals surface area (Å²) in [5, 5.41) is 0. The van der Waals surface area contributed by atoms with Gasteiger partial charge < -0.3 is 0 Å². The van der Waals surface area contributed by atoms with Gasteiger partial charge in [-0.1, -0.05) is 15.9 Å². The summed E-state index contributed by atoms with van der Waals surface area (Å²) < 4.78 is 0. The number of halogens is 1. The summed E-state index contributed by atoms with van der Waals surface area (Å²) in [7, 11) is 0. The van der Waals surface area contributed by atoms with E-state index in [0.717, 1.165) is 10.7 Å². The van der Waals surface area contributed by atoms with Gasteiger partial charge in [0.15, 0.2) is 0 Å². The van der Waals surface area contributed by atoms with E-state index < -0.39 is 0 Å². The number of aromatic nitrogens is 1. The average molecular weight is 260 g/mol. The van der Waals surface area contributed by atoms with Gasteiger partial charge in [-0.3, -0.25) is 4.98 Å². The second-order valence-electron chi connectivity index (χ2n) is 3.71. The van der Waals surface area contributed by atoms with Crippen molar-refractivity contribution in [1.82, 2.24) is 4.98 Å². The van der Waals surface area contributed by atoms with Gasteiger partial charge in [0.1, 0.15) is 0 Å². The Morgan fingerprint density at radius 1 is 1.62 bits per heavy atom. The van der Waals surface area contributed by atoms with E-state index in [1.54, 1.807) is 11.3 Å². The molecule has 0 aromatic carbocycles. The van der Waals surface area contributed by atoms with Gasteiger partial charge in [0.05, 0.1) is 5.51 Å². The second kappa shape index (κ2) is 4.56. The minimum Gasteiger partial charge on any atom is -0.253 e. The summed E-state index contributed by atoms with van der Waals surface area (Å²) in [6, 6.07) is 0. The van der Waals surface area contributed by atoms with E-state index in [9.17, 15) is 0 Å². The number of rotatable bonds is 5. The third-order valence-corrected chi connectivity index (χ3v) is 4.56. The predicted octanol–water partition coefficient (Wildman–Crippen LogP) is 3.64. The molecule has 0 amide bonds. The Bertz CT molecular complexity index is 243. The SMILES string of the molecule is BrC(CCCc1cncs1)C1CC1. The molecule has 1 aromatic heterocycles. The molecule has 1 aliphatic rings. The van der Waals surface area contributed by atoms with Crippen molar-refractivity contribution in [2.24, 2.45) is 5.92 Å². The van der Waals surface area contributed by atoms with Crippen molar-refractivity contribution in [3.63, 3.8) is 0 Å². The van der Waals surface area contributed by atoms with Crippen LogP contribution < -0.4 is 0 Å². The number of thiazole rings is 1. The molecule has 1 heterocycles. The Morgan fingerprint density at radius 2 is 2.46 bits per heavy atom. The Labute approximate surface area is 91.7 Å². The van der Waals surface area contributed by atoms with Gasteiger partial charge in [0, 0.05) is 15.9 Å². The minimum atomic E-state index is 0.778. The Hall–Kier alpha value is 0.110. The van der Waals surface area contributed by atoms with Crippen LogP contribution in [0.4, 0.5) is 0 Å². The molecule has 1 fully saturated rings. The van der Waals surface area contributed by atoms with Crippen LogP contribution in [0.1, 0.15) is 30.6 Å². The van der Waals surface area contributed by atoms with Gasteiger partial charge in [0.2, 0.25) is 0 Å². The van der Waals surface area contributed by atoms with Crippen molar-refractivity contribution >= 4 is 27.3 Å². The van der Waals surface area contributed by atoms with Crippen LogP contribution in [0.25, 0.3) is 0 Å². The summed E-state index contributed by atoms with van der Waals surface area (Å²) in [5.41, 5.74) is 1.92. The van der Waals surface area contributed by atoms with Crippen molar-refractivity contribution in [3.8, 4) is 0 Å². The van der Waals surface area contributed by atoms with Gasteiger partial charge in [-0.05, 0) is 38.0 Å². The van der Waals surface area contributed by atoms with Crippen molar-refractivity contribution in [1.29, 1.82) is 0 Å². The summed E-state index contributed by atoms with van der Waals surface area (Å²) in [6.45, 7) is 0. The van der Waals surface area contributed by atoms with Crippen LogP contribution in [-0.2, 0) is 6.42 Å². The number of hydrogen-bond donors (Lipinski definition) is 0. The Kier molecular flexibility index (Phi) is 3.39. The third kappa shape index (κ3) is 3.06. The highest BCUT2D eigenvalue weighted by Crippen LogP contribution is 2.38. The Balaban J connectivity index is 1.63. The fraction of sp³-hybridized carbons (Fsp3) is 0.700. The highest BCUT2D eigenvalue weighted by Gasteiger charge is 2.28. The van der Waals surface area contributed by atoms with Crippen LogP contribution >= 0.6 is 27.3 Å². The van der Waals surface area contributed by atoms with E-state index in [-0.39, 0.29) is 0 Å². The van der Waals surface area contributed by atoms with E-state index in [0.29, 0.717) is 0 Å². The lowest BCUT2D eigenvalue weighted by Gasteiger charge is -2.05. The molecule has 0 spiro atoms. The van der Waals surface area contributed by atoms with E-state index in [4.69, 9.17) is 0 Å². The molecule has 1 unspecified atom stereocenters. The summed E-state index contributed by atoms with van der Waals surface area (Å²) in [6.07, 6.45) is 8.70. The molecule has 1 aliphatic carbocycles. The van der Waals surface area contributed by atoms with Gasteiger partial charge >= 0.3 is 0 Å². The zero-order chi connectivity index (χ0) is 9.10. The van der Waals surface area contributed by atoms with Gasteiger partial charge in [-0.25, -0.2) is 0 Å². The summed E-state index contributed by atoms with van der Waals surface area (Å²) >= 11 is 5.53. The zero-order valence-corrected chi connectivity index (χ0v) is 9.98. The maximum absolute atomic E-state index is 4.07. The van der Waals surface area contributed by atoms with E-state index >= 15 is 0 Å². The first-order chi connectivity index (χ1) is 6.36. The zero-order valence-electron chi connectivity index (χ0n) is 7.58.